The van der Waals surface area contributed by atoms with Crippen molar-refractivity contribution in [3.05, 3.63) is 53.2 Å². The van der Waals surface area contributed by atoms with E-state index in [1.165, 1.54) is 6.07 Å². The fourth-order valence-corrected chi connectivity index (χ4v) is 3.82. The molecule has 0 radical (unpaired) electrons. The zero-order valence-electron chi connectivity index (χ0n) is 18.0. The van der Waals surface area contributed by atoms with Crippen molar-refractivity contribution in [2.24, 2.45) is 0 Å². The topological polar surface area (TPSA) is 65.5 Å². The lowest BCUT2D eigenvalue weighted by Gasteiger charge is -2.43. The van der Waals surface area contributed by atoms with Crippen molar-refractivity contribution in [3.63, 3.8) is 0 Å². The SMILES string of the molecule is CCc1ccc(Oc2cc(C(F)(F)F)ccn2)cc1C1C(=O)C(C)(C)OC(C)(C)C1=O. The molecular formula is C23H24F3NO4. The van der Waals surface area contributed by atoms with Crippen molar-refractivity contribution >= 4 is 11.6 Å². The monoisotopic (exact) mass is 435 g/mol. The quantitative estimate of drug-likeness (QED) is 0.613. The molecule has 0 amide bonds. The number of hydrogen-bond acceptors (Lipinski definition) is 5. The number of carbonyl (C=O) groups is 2. The summed E-state index contributed by atoms with van der Waals surface area (Å²) in [4.78, 5) is 30.1. The molecule has 0 spiro atoms. The molecule has 1 aliphatic rings. The van der Waals surface area contributed by atoms with E-state index < -0.39 is 28.9 Å². The molecule has 166 valence electrons. The summed E-state index contributed by atoms with van der Waals surface area (Å²) in [5.74, 6) is -1.87. The van der Waals surface area contributed by atoms with Gasteiger partial charge in [-0.1, -0.05) is 13.0 Å². The van der Waals surface area contributed by atoms with Crippen molar-refractivity contribution in [1.82, 2.24) is 4.98 Å². The van der Waals surface area contributed by atoms with Gasteiger partial charge in [0.15, 0.2) is 11.6 Å². The molecule has 0 aliphatic carbocycles. The minimum atomic E-state index is -4.53. The van der Waals surface area contributed by atoms with E-state index >= 15 is 0 Å². The fraction of sp³-hybridized carbons (Fsp3) is 0.435. The van der Waals surface area contributed by atoms with Crippen LogP contribution in [0, 0.1) is 0 Å². The molecule has 1 saturated heterocycles. The Morgan fingerprint density at radius 2 is 1.65 bits per heavy atom. The zero-order valence-corrected chi connectivity index (χ0v) is 18.0. The van der Waals surface area contributed by atoms with Gasteiger partial charge in [0.25, 0.3) is 0 Å². The number of carbonyl (C=O) groups excluding carboxylic acids is 2. The maximum atomic E-state index is 13.1. The van der Waals surface area contributed by atoms with Crippen LogP contribution in [-0.4, -0.2) is 27.8 Å². The molecule has 0 bridgehead atoms. The number of halogens is 3. The van der Waals surface area contributed by atoms with Crippen LogP contribution in [0.4, 0.5) is 13.2 Å². The minimum Gasteiger partial charge on any atom is -0.439 e. The van der Waals surface area contributed by atoms with E-state index in [4.69, 9.17) is 9.47 Å². The summed E-state index contributed by atoms with van der Waals surface area (Å²) in [7, 11) is 0. The van der Waals surface area contributed by atoms with Crippen molar-refractivity contribution in [3.8, 4) is 11.6 Å². The first-order valence-corrected chi connectivity index (χ1v) is 9.89. The van der Waals surface area contributed by atoms with Gasteiger partial charge in [-0.3, -0.25) is 9.59 Å². The summed E-state index contributed by atoms with van der Waals surface area (Å²) in [5.41, 5.74) is -2.00. The van der Waals surface area contributed by atoms with E-state index in [9.17, 15) is 22.8 Å². The molecule has 2 heterocycles. The molecule has 1 aliphatic heterocycles. The summed E-state index contributed by atoms with van der Waals surface area (Å²) in [6.07, 6.45) is -2.97. The number of rotatable bonds is 4. The number of nitrogens with zero attached hydrogens (tertiary/aromatic N) is 1. The van der Waals surface area contributed by atoms with Gasteiger partial charge in [-0.2, -0.15) is 13.2 Å². The largest absolute Gasteiger partial charge is 0.439 e. The molecule has 8 heteroatoms. The number of Topliss-reactive ketones (excluding diaryl/α,β-unsaturated/α-hetero) is 2. The van der Waals surface area contributed by atoms with Crippen LogP contribution in [-0.2, 0) is 26.9 Å². The number of pyridine rings is 1. The Bertz CT molecular complexity index is 1000. The third-order valence-electron chi connectivity index (χ3n) is 5.32. The Balaban J connectivity index is 2.04. The first kappa shape index (κ1) is 22.9. The molecule has 0 atom stereocenters. The molecule has 31 heavy (non-hydrogen) atoms. The predicted molar refractivity (Wildman–Crippen MR) is 107 cm³/mol. The third-order valence-corrected chi connectivity index (χ3v) is 5.32. The molecule has 0 saturated carbocycles. The molecule has 1 fully saturated rings. The van der Waals surface area contributed by atoms with E-state index in [2.05, 4.69) is 4.98 Å². The van der Waals surface area contributed by atoms with Crippen LogP contribution in [0.3, 0.4) is 0 Å². The lowest BCUT2D eigenvalue weighted by molar-refractivity contribution is -0.184. The van der Waals surface area contributed by atoms with Crippen molar-refractivity contribution in [1.29, 1.82) is 0 Å². The molecule has 1 aromatic carbocycles. The first-order valence-electron chi connectivity index (χ1n) is 9.89. The van der Waals surface area contributed by atoms with Crippen LogP contribution in [0.5, 0.6) is 11.6 Å². The van der Waals surface area contributed by atoms with Crippen molar-refractivity contribution in [2.45, 2.75) is 64.3 Å². The van der Waals surface area contributed by atoms with E-state index in [-0.39, 0.29) is 23.2 Å². The van der Waals surface area contributed by atoms with Gasteiger partial charge in [0.1, 0.15) is 22.9 Å². The third kappa shape index (κ3) is 4.49. The van der Waals surface area contributed by atoms with E-state index in [1.54, 1.807) is 39.8 Å². The zero-order chi connectivity index (χ0) is 23.2. The summed E-state index contributed by atoms with van der Waals surface area (Å²) in [6, 6.07) is 6.45. The van der Waals surface area contributed by atoms with Gasteiger partial charge in [0, 0.05) is 12.3 Å². The number of aryl methyl sites for hydroxylation is 1. The minimum absolute atomic E-state index is 0.182. The van der Waals surface area contributed by atoms with E-state index in [0.29, 0.717) is 12.0 Å². The summed E-state index contributed by atoms with van der Waals surface area (Å²) < 4.78 is 50.2. The van der Waals surface area contributed by atoms with Crippen LogP contribution in [0.2, 0.25) is 0 Å². The Labute approximate surface area is 178 Å². The Morgan fingerprint density at radius 3 is 2.19 bits per heavy atom. The lowest BCUT2D eigenvalue weighted by Crippen LogP contribution is -2.58. The smallest absolute Gasteiger partial charge is 0.416 e. The van der Waals surface area contributed by atoms with Gasteiger partial charge in [0.2, 0.25) is 5.88 Å². The second-order valence-electron chi connectivity index (χ2n) is 8.48. The maximum Gasteiger partial charge on any atom is 0.416 e. The number of benzene rings is 1. The van der Waals surface area contributed by atoms with Crippen molar-refractivity contribution < 1.29 is 32.2 Å². The molecule has 0 N–H and O–H groups in total. The number of ether oxygens (including phenoxy) is 2. The Kier molecular flexibility index (Phi) is 5.73. The average Bonchev–Trinajstić information content (AvgIpc) is 2.66. The van der Waals surface area contributed by atoms with Crippen LogP contribution in [0.15, 0.2) is 36.5 Å². The van der Waals surface area contributed by atoms with Gasteiger partial charge >= 0.3 is 6.18 Å². The average molecular weight is 435 g/mol. The highest BCUT2D eigenvalue weighted by atomic mass is 19.4. The van der Waals surface area contributed by atoms with E-state index in [0.717, 1.165) is 23.9 Å². The van der Waals surface area contributed by atoms with Crippen LogP contribution in [0.1, 0.15) is 57.2 Å². The fourth-order valence-electron chi connectivity index (χ4n) is 3.82. The van der Waals surface area contributed by atoms with Crippen LogP contribution >= 0.6 is 0 Å². The first-order chi connectivity index (χ1) is 14.3. The van der Waals surface area contributed by atoms with Crippen LogP contribution < -0.4 is 4.74 Å². The summed E-state index contributed by atoms with van der Waals surface area (Å²) in [5, 5.41) is 0. The van der Waals surface area contributed by atoms with Crippen LogP contribution in [0.25, 0.3) is 0 Å². The molecule has 5 nitrogen and oxygen atoms in total. The summed E-state index contributed by atoms with van der Waals surface area (Å²) >= 11 is 0. The summed E-state index contributed by atoms with van der Waals surface area (Å²) in [6.45, 7) is 8.37. The van der Waals surface area contributed by atoms with Crippen molar-refractivity contribution in [2.75, 3.05) is 0 Å². The molecule has 3 rings (SSSR count). The van der Waals surface area contributed by atoms with Gasteiger partial charge in [-0.25, -0.2) is 4.98 Å². The highest BCUT2D eigenvalue weighted by Crippen LogP contribution is 2.41. The van der Waals surface area contributed by atoms with Gasteiger partial charge in [0.05, 0.1) is 5.56 Å². The molecule has 0 unspecified atom stereocenters. The Hall–Kier alpha value is -2.74. The van der Waals surface area contributed by atoms with E-state index in [1.807, 2.05) is 6.92 Å². The second-order valence-corrected chi connectivity index (χ2v) is 8.48. The highest BCUT2D eigenvalue weighted by molar-refractivity contribution is 6.15. The molecule has 1 aromatic heterocycles. The van der Waals surface area contributed by atoms with Gasteiger partial charge < -0.3 is 9.47 Å². The van der Waals surface area contributed by atoms with Gasteiger partial charge in [-0.15, -0.1) is 0 Å². The molecule has 2 aromatic rings. The standard InChI is InChI=1S/C23H24F3NO4/c1-6-13-7-8-15(30-17-11-14(9-10-27-17)23(24,25)26)12-16(13)18-19(28)21(2,3)31-22(4,5)20(18)29/h7-12,18H,6H2,1-5H3. The number of ketones is 2. The Morgan fingerprint density at radius 1 is 1.03 bits per heavy atom. The number of aromatic nitrogens is 1. The number of alkyl halides is 3. The highest BCUT2D eigenvalue weighted by Gasteiger charge is 2.53. The van der Waals surface area contributed by atoms with Gasteiger partial charge in [-0.05, 0) is 63.4 Å². The maximum absolute atomic E-state index is 13.1. The number of hydrogen-bond donors (Lipinski definition) is 0. The normalized spacial score (nSPS) is 18.8. The molecular weight excluding hydrogens is 411 g/mol. The lowest BCUT2D eigenvalue weighted by atomic mass is 9.73. The second kappa shape index (κ2) is 7.75. The predicted octanol–water partition coefficient (Wildman–Crippen LogP) is 5.26.